The second-order valence-electron chi connectivity index (χ2n) is 3.73. The molecule has 0 fully saturated rings. The van der Waals surface area contributed by atoms with Gasteiger partial charge in [0.05, 0.1) is 5.69 Å². The number of halogens is 4. The van der Waals surface area contributed by atoms with Crippen LogP contribution in [0.1, 0.15) is 5.56 Å². The van der Waals surface area contributed by atoms with Gasteiger partial charge in [-0.3, -0.25) is 0 Å². The van der Waals surface area contributed by atoms with Gasteiger partial charge in [-0.25, -0.2) is 8.78 Å². The molecule has 0 saturated carbocycles. The molecule has 5 heteroatoms. The molecule has 1 N–H and O–H groups in total. The lowest BCUT2D eigenvalue weighted by molar-refractivity contribution is 0.583. The quantitative estimate of drug-likeness (QED) is 0.834. The highest BCUT2D eigenvalue weighted by Gasteiger charge is 2.09. The fourth-order valence-electron chi connectivity index (χ4n) is 1.55. The summed E-state index contributed by atoms with van der Waals surface area (Å²) in [6, 6.07) is 9.28. The molecule has 0 aliphatic carbocycles. The van der Waals surface area contributed by atoms with Crippen molar-refractivity contribution in [2.45, 2.75) is 6.54 Å². The van der Waals surface area contributed by atoms with Crippen LogP contribution in [0.2, 0.25) is 5.02 Å². The van der Waals surface area contributed by atoms with Crippen molar-refractivity contribution in [2.24, 2.45) is 0 Å². The lowest BCUT2D eigenvalue weighted by Gasteiger charge is -2.10. The van der Waals surface area contributed by atoms with Gasteiger partial charge in [0.15, 0.2) is 0 Å². The van der Waals surface area contributed by atoms with Crippen molar-refractivity contribution in [3.05, 3.63) is 63.1 Å². The normalized spacial score (nSPS) is 10.4. The second kappa shape index (κ2) is 5.67. The molecule has 0 aliphatic heterocycles. The molecule has 0 heterocycles. The number of rotatable bonds is 3. The molecule has 0 unspecified atom stereocenters. The zero-order chi connectivity index (χ0) is 13.1. The van der Waals surface area contributed by atoms with Crippen LogP contribution in [0, 0.1) is 11.6 Å². The van der Waals surface area contributed by atoms with Crippen LogP contribution < -0.4 is 5.32 Å². The standard InChI is InChI=1S/C13H9BrClF2N/c14-11-5-10(16)6-12(17)13(11)18-7-8-2-1-3-9(15)4-8/h1-6,18H,7H2. The third-order valence-corrected chi connectivity index (χ3v) is 3.23. The van der Waals surface area contributed by atoms with E-state index in [2.05, 4.69) is 21.2 Å². The van der Waals surface area contributed by atoms with Gasteiger partial charge in [0.1, 0.15) is 11.6 Å². The van der Waals surface area contributed by atoms with E-state index < -0.39 is 11.6 Å². The van der Waals surface area contributed by atoms with Crippen molar-refractivity contribution >= 4 is 33.2 Å². The zero-order valence-corrected chi connectivity index (χ0v) is 11.5. The van der Waals surface area contributed by atoms with Gasteiger partial charge in [0.25, 0.3) is 0 Å². The van der Waals surface area contributed by atoms with E-state index >= 15 is 0 Å². The van der Waals surface area contributed by atoms with E-state index in [4.69, 9.17) is 11.6 Å². The summed E-state index contributed by atoms with van der Waals surface area (Å²) < 4.78 is 26.8. The van der Waals surface area contributed by atoms with Crippen LogP contribution in [-0.4, -0.2) is 0 Å². The maximum atomic E-state index is 13.5. The number of benzene rings is 2. The van der Waals surface area contributed by atoms with Crippen molar-refractivity contribution < 1.29 is 8.78 Å². The van der Waals surface area contributed by atoms with Crippen LogP contribution in [0.25, 0.3) is 0 Å². The summed E-state index contributed by atoms with van der Waals surface area (Å²) >= 11 is 8.97. The summed E-state index contributed by atoms with van der Waals surface area (Å²) in [6.07, 6.45) is 0. The van der Waals surface area contributed by atoms with Crippen molar-refractivity contribution in [1.82, 2.24) is 0 Å². The largest absolute Gasteiger partial charge is 0.378 e. The Balaban J connectivity index is 2.16. The second-order valence-corrected chi connectivity index (χ2v) is 5.02. The van der Waals surface area contributed by atoms with Crippen LogP contribution in [0.5, 0.6) is 0 Å². The minimum absolute atomic E-state index is 0.233. The van der Waals surface area contributed by atoms with Crippen molar-refractivity contribution in [3.63, 3.8) is 0 Å². The van der Waals surface area contributed by atoms with Crippen molar-refractivity contribution in [3.8, 4) is 0 Å². The number of hydrogen-bond acceptors (Lipinski definition) is 1. The molecule has 0 spiro atoms. The molecular weight excluding hydrogens is 324 g/mol. The molecule has 0 aromatic heterocycles. The summed E-state index contributed by atoms with van der Waals surface area (Å²) in [5.41, 5.74) is 1.15. The molecule has 2 rings (SSSR count). The van der Waals surface area contributed by atoms with E-state index in [9.17, 15) is 8.78 Å². The first-order valence-electron chi connectivity index (χ1n) is 5.19. The lowest BCUT2D eigenvalue weighted by atomic mass is 10.2. The summed E-state index contributed by atoms with van der Waals surface area (Å²) in [4.78, 5) is 0. The molecule has 0 atom stereocenters. The first kappa shape index (κ1) is 13.3. The van der Waals surface area contributed by atoms with Crippen molar-refractivity contribution in [1.29, 1.82) is 0 Å². The molecule has 0 aliphatic rings. The maximum absolute atomic E-state index is 13.5. The fourth-order valence-corrected chi connectivity index (χ4v) is 2.31. The Bertz CT molecular complexity index is 552. The smallest absolute Gasteiger partial charge is 0.150 e. The third kappa shape index (κ3) is 3.21. The van der Waals surface area contributed by atoms with E-state index in [1.807, 2.05) is 12.1 Å². The van der Waals surface area contributed by atoms with Gasteiger partial charge in [-0.15, -0.1) is 0 Å². The Labute approximate surface area is 117 Å². The SMILES string of the molecule is Fc1cc(F)c(NCc2cccc(Cl)c2)c(Br)c1. The number of anilines is 1. The number of hydrogen-bond donors (Lipinski definition) is 1. The van der Waals surface area contributed by atoms with Crippen LogP contribution in [0.4, 0.5) is 14.5 Å². The molecule has 0 saturated heterocycles. The predicted molar refractivity (Wildman–Crippen MR) is 72.8 cm³/mol. The summed E-state index contributed by atoms with van der Waals surface area (Å²) in [7, 11) is 0. The van der Waals surface area contributed by atoms with Gasteiger partial charge in [0.2, 0.25) is 0 Å². The predicted octanol–water partition coefficient (Wildman–Crippen LogP) is 4.99. The Morgan fingerprint density at radius 3 is 2.61 bits per heavy atom. The highest BCUT2D eigenvalue weighted by Crippen LogP contribution is 2.27. The number of nitrogens with one attached hydrogen (secondary N) is 1. The van der Waals surface area contributed by atoms with Crippen LogP contribution >= 0.6 is 27.5 Å². The van der Waals surface area contributed by atoms with Gasteiger partial charge in [-0.1, -0.05) is 23.7 Å². The van der Waals surface area contributed by atoms with Gasteiger partial charge < -0.3 is 5.32 Å². The van der Waals surface area contributed by atoms with Crippen molar-refractivity contribution in [2.75, 3.05) is 5.32 Å². The molecule has 94 valence electrons. The monoisotopic (exact) mass is 331 g/mol. The minimum Gasteiger partial charge on any atom is -0.378 e. The summed E-state index contributed by atoms with van der Waals surface area (Å²) in [5.74, 6) is -1.25. The van der Waals surface area contributed by atoms with E-state index in [-0.39, 0.29) is 5.69 Å². The Morgan fingerprint density at radius 2 is 1.94 bits per heavy atom. The molecule has 2 aromatic rings. The van der Waals surface area contributed by atoms with Crippen LogP contribution in [-0.2, 0) is 6.54 Å². The maximum Gasteiger partial charge on any atom is 0.150 e. The summed E-state index contributed by atoms with van der Waals surface area (Å²) in [6.45, 7) is 0.404. The van der Waals surface area contributed by atoms with Gasteiger partial charge in [-0.05, 0) is 39.7 Å². The third-order valence-electron chi connectivity index (χ3n) is 2.37. The Kier molecular flexibility index (Phi) is 4.19. The highest BCUT2D eigenvalue weighted by atomic mass is 79.9. The highest BCUT2D eigenvalue weighted by molar-refractivity contribution is 9.10. The Morgan fingerprint density at radius 1 is 1.17 bits per heavy atom. The lowest BCUT2D eigenvalue weighted by Crippen LogP contribution is -2.02. The van der Waals surface area contributed by atoms with Gasteiger partial charge in [-0.2, -0.15) is 0 Å². The van der Waals surface area contributed by atoms with Crippen LogP contribution in [0.3, 0.4) is 0 Å². The summed E-state index contributed by atoms with van der Waals surface area (Å²) in [5, 5.41) is 3.52. The van der Waals surface area contributed by atoms with E-state index in [1.54, 1.807) is 12.1 Å². The first-order valence-corrected chi connectivity index (χ1v) is 6.36. The van der Waals surface area contributed by atoms with E-state index in [0.717, 1.165) is 11.6 Å². The molecule has 18 heavy (non-hydrogen) atoms. The molecular formula is C13H9BrClF2N. The molecule has 0 amide bonds. The van der Waals surface area contributed by atoms with E-state index in [0.29, 0.717) is 16.0 Å². The Hall–Kier alpha value is -1.13. The van der Waals surface area contributed by atoms with Gasteiger partial charge in [0, 0.05) is 22.1 Å². The minimum atomic E-state index is -0.635. The molecule has 0 bridgehead atoms. The van der Waals surface area contributed by atoms with E-state index in [1.165, 1.54) is 6.07 Å². The molecule has 0 radical (unpaired) electrons. The first-order chi connectivity index (χ1) is 8.56. The average Bonchev–Trinajstić information content (AvgIpc) is 2.27. The zero-order valence-electron chi connectivity index (χ0n) is 9.18. The average molecular weight is 333 g/mol. The molecule has 1 nitrogen and oxygen atoms in total. The molecule has 2 aromatic carbocycles. The van der Waals surface area contributed by atoms with Crippen LogP contribution in [0.15, 0.2) is 40.9 Å². The van der Waals surface area contributed by atoms with Gasteiger partial charge >= 0.3 is 0 Å². The topological polar surface area (TPSA) is 12.0 Å². The fraction of sp³-hybridized carbons (Fsp3) is 0.0769.